The molecule has 1 aliphatic rings. The van der Waals surface area contributed by atoms with E-state index in [2.05, 4.69) is 6.07 Å². The number of nitrogens with zero attached hydrogens (tertiary/aromatic N) is 2. The van der Waals surface area contributed by atoms with Gasteiger partial charge in [0.2, 0.25) is 5.88 Å². The van der Waals surface area contributed by atoms with Gasteiger partial charge in [0.25, 0.3) is 5.56 Å². The third-order valence-corrected chi connectivity index (χ3v) is 5.60. The summed E-state index contributed by atoms with van der Waals surface area (Å²) in [5, 5.41) is 10.4. The van der Waals surface area contributed by atoms with Gasteiger partial charge in [-0.1, -0.05) is 29.3 Å². The third-order valence-electron chi connectivity index (χ3n) is 4.86. The molecule has 0 spiro atoms. The Kier molecular flexibility index (Phi) is 4.87. The molecule has 0 saturated carbocycles. The van der Waals surface area contributed by atoms with Crippen molar-refractivity contribution in [1.82, 2.24) is 4.57 Å². The minimum atomic E-state index is -0.727. The number of aryl methyl sites for hydroxylation is 1. The molecule has 0 unspecified atom stereocenters. The van der Waals surface area contributed by atoms with Crippen LogP contribution in [0.25, 0.3) is 0 Å². The van der Waals surface area contributed by atoms with Crippen molar-refractivity contribution in [2.75, 3.05) is 0 Å². The lowest BCUT2D eigenvalue weighted by molar-refractivity contribution is 0.387. The molecule has 0 radical (unpaired) electrons. The Hall–Kier alpha value is -3.14. The Morgan fingerprint density at radius 2 is 2.03 bits per heavy atom. The number of pyridine rings is 1. The topological polar surface area (TPSA) is 94.2 Å². The summed E-state index contributed by atoms with van der Waals surface area (Å²) < 4.78 is 12.6. The van der Waals surface area contributed by atoms with Crippen LogP contribution < -0.4 is 16.0 Å². The van der Waals surface area contributed by atoms with Crippen LogP contribution >= 0.6 is 23.2 Å². The molecule has 4 rings (SSSR count). The summed E-state index contributed by atoms with van der Waals surface area (Å²) in [7, 11) is 0. The zero-order valence-corrected chi connectivity index (χ0v) is 16.8. The first kappa shape index (κ1) is 19.2. The van der Waals surface area contributed by atoms with Crippen LogP contribution in [0.3, 0.4) is 0 Å². The van der Waals surface area contributed by atoms with Gasteiger partial charge in [-0.05, 0) is 36.8 Å². The number of hydrogen-bond acceptors (Lipinski definition) is 5. The van der Waals surface area contributed by atoms with E-state index in [0.29, 0.717) is 38.4 Å². The molecule has 29 heavy (non-hydrogen) atoms. The molecule has 0 saturated heterocycles. The minimum Gasteiger partial charge on any atom is -0.467 e. The number of benzene rings is 1. The van der Waals surface area contributed by atoms with Gasteiger partial charge >= 0.3 is 0 Å². The predicted octanol–water partition coefficient (Wildman–Crippen LogP) is 4.32. The fourth-order valence-electron chi connectivity index (χ4n) is 3.47. The quantitative estimate of drug-likeness (QED) is 0.671. The number of allylic oxidation sites excluding steroid dienone is 1. The summed E-state index contributed by atoms with van der Waals surface area (Å²) in [4.78, 5) is 13.5. The van der Waals surface area contributed by atoms with Crippen molar-refractivity contribution in [3.63, 3.8) is 0 Å². The predicted molar refractivity (Wildman–Crippen MR) is 109 cm³/mol. The summed E-state index contributed by atoms with van der Waals surface area (Å²) in [5.41, 5.74) is 7.44. The van der Waals surface area contributed by atoms with E-state index < -0.39 is 5.92 Å². The van der Waals surface area contributed by atoms with Gasteiger partial charge < -0.3 is 19.5 Å². The first-order valence-electron chi connectivity index (χ1n) is 8.70. The van der Waals surface area contributed by atoms with Gasteiger partial charge in [0.1, 0.15) is 23.2 Å². The van der Waals surface area contributed by atoms with Crippen LogP contribution in [0.4, 0.5) is 0 Å². The highest BCUT2D eigenvalue weighted by atomic mass is 35.5. The van der Waals surface area contributed by atoms with Gasteiger partial charge in [-0.2, -0.15) is 5.26 Å². The lowest BCUT2D eigenvalue weighted by Crippen LogP contribution is -2.33. The first-order valence-corrected chi connectivity index (χ1v) is 9.45. The van der Waals surface area contributed by atoms with Crippen molar-refractivity contribution in [3.05, 3.63) is 97.1 Å². The smallest absolute Gasteiger partial charge is 0.259 e. The molecule has 1 aromatic carbocycles. The second-order valence-electron chi connectivity index (χ2n) is 6.63. The molecular weight excluding hydrogens is 413 g/mol. The second-order valence-corrected chi connectivity index (χ2v) is 7.45. The van der Waals surface area contributed by atoms with Crippen molar-refractivity contribution in [2.24, 2.45) is 5.73 Å². The van der Waals surface area contributed by atoms with E-state index in [0.717, 1.165) is 0 Å². The van der Waals surface area contributed by atoms with Crippen molar-refractivity contribution >= 4 is 23.2 Å². The summed E-state index contributed by atoms with van der Waals surface area (Å²) in [6.07, 6.45) is 1.55. The molecule has 0 aliphatic carbocycles. The van der Waals surface area contributed by atoms with Crippen molar-refractivity contribution < 1.29 is 9.15 Å². The van der Waals surface area contributed by atoms with Crippen LogP contribution in [0.2, 0.25) is 10.0 Å². The summed E-state index contributed by atoms with van der Waals surface area (Å²) in [5.74, 6) is 0.178. The fourth-order valence-corrected chi connectivity index (χ4v) is 3.77. The number of aromatic nitrogens is 1. The maximum Gasteiger partial charge on any atom is 0.259 e. The van der Waals surface area contributed by atoms with Crippen LogP contribution in [0.1, 0.15) is 28.5 Å². The SMILES string of the molecule is Cc1cc2c(c(=O)n1Cc1ccco1)[C@@H](c1ccc(Cl)c(Cl)c1)C(C#N)=C(N)O2. The zero-order chi connectivity index (χ0) is 20.7. The van der Waals surface area contributed by atoms with E-state index in [1.807, 2.05) is 0 Å². The molecule has 146 valence electrons. The Labute approximate surface area is 176 Å². The number of fused-ring (bicyclic) bond motifs is 1. The van der Waals surface area contributed by atoms with E-state index >= 15 is 0 Å². The Bertz CT molecular complexity index is 1240. The van der Waals surface area contributed by atoms with Gasteiger partial charge in [0.15, 0.2) is 0 Å². The number of ether oxygens (including phenoxy) is 1. The van der Waals surface area contributed by atoms with Crippen molar-refractivity contribution in [3.8, 4) is 11.8 Å². The standard InChI is InChI=1S/C21H15Cl2N3O3/c1-11-7-17-19(21(27)26(11)10-13-3-2-6-28-13)18(14(9-24)20(25)29-17)12-4-5-15(22)16(23)8-12/h2-8,18H,10,25H2,1H3/t18-/m0/s1. The highest BCUT2D eigenvalue weighted by Crippen LogP contribution is 2.41. The maximum absolute atomic E-state index is 13.5. The molecule has 0 bridgehead atoms. The van der Waals surface area contributed by atoms with E-state index in [9.17, 15) is 10.1 Å². The average Bonchev–Trinajstić information content (AvgIpc) is 3.19. The number of hydrogen-bond donors (Lipinski definition) is 1. The normalized spacial score (nSPS) is 15.6. The molecule has 1 atom stereocenters. The number of halogens is 2. The molecular formula is C21H15Cl2N3O3. The van der Waals surface area contributed by atoms with Gasteiger partial charge in [-0.25, -0.2) is 0 Å². The van der Waals surface area contributed by atoms with Crippen LogP contribution in [0, 0.1) is 18.3 Å². The lowest BCUT2D eigenvalue weighted by atomic mass is 9.84. The van der Waals surface area contributed by atoms with E-state index in [4.69, 9.17) is 38.1 Å². The molecule has 1 aliphatic heterocycles. The van der Waals surface area contributed by atoms with E-state index in [1.54, 1.807) is 54.2 Å². The van der Waals surface area contributed by atoms with Crippen LogP contribution in [-0.2, 0) is 6.54 Å². The summed E-state index contributed by atoms with van der Waals surface area (Å²) in [6.45, 7) is 2.04. The van der Waals surface area contributed by atoms with Gasteiger partial charge in [-0.3, -0.25) is 4.79 Å². The van der Waals surface area contributed by atoms with Crippen molar-refractivity contribution in [1.29, 1.82) is 5.26 Å². The third kappa shape index (κ3) is 3.29. The maximum atomic E-state index is 13.5. The highest BCUT2D eigenvalue weighted by molar-refractivity contribution is 6.42. The van der Waals surface area contributed by atoms with Gasteiger partial charge in [0, 0.05) is 11.8 Å². The lowest BCUT2D eigenvalue weighted by Gasteiger charge is -2.27. The average molecular weight is 428 g/mol. The molecule has 2 N–H and O–H groups in total. The summed E-state index contributed by atoms with van der Waals surface area (Å²) >= 11 is 12.2. The fraction of sp³-hybridized carbons (Fsp3) is 0.143. The second kappa shape index (κ2) is 7.36. The number of nitrogens with two attached hydrogens (primary N) is 1. The molecule has 2 aromatic heterocycles. The largest absolute Gasteiger partial charge is 0.467 e. The summed E-state index contributed by atoms with van der Waals surface area (Å²) in [6, 6.07) is 12.3. The number of furan rings is 1. The molecule has 8 heteroatoms. The van der Waals surface area contributed by atoms with Crippen molar-refractivity contribution in [2.45, 2.75) is 19.4 Å². The highest BCUT2D eigenvalue weighted by Gasteiger charge is 2.34. The molecule has 6 nitrogen and oxygen atoms in total. The monoisotopic (exact) mass is 427 g/mol. The van der Waals surface area contributed by atoms with Crippen LogP contribution in [-0.4, -0.2) is 4.57 Å². The van der Waals surface area contributed by atoms with Gasteiger partial charge in [0.05, 0.1) is 34.3 Å². The minimum absolute atomic E-state index is 0.0429. The molecule has 3 aromatic rings. The Balaban J connectivity index is 1.96. The zero-order valence-electron chi connectivity index (χ0n) is 15.3. The molecule has 3 heterocycles. The Morgan fingerprint density at radius 1 is 1.24 bits per heavy atom. The van der Waals surface area contributed by atoms with Crippen LogP contribution in [0.5, 0.6) is 5.75 Å². The van der Waals surface area contributed by atoms with Crippen LogP contribution in [0.15, 0.2) is 63.3 Å². The van der Waals surface area contributed by atoms with E-state index in [1.165, 1.54) is 0 Å². The number of nitriles is 1. The van der Waals surface area contributed by atoms with Gasteiger partial charge in [-0.15, -0.1) is 0 Å². The Morgan fingerprint density at radius 3 is 2.69 bits per heavy atom. The molecule has 0 fully saturated rings. The number of rotatable bonds is 3. The van der Waals surface area contributed by atoms with E-state index in [-0.39, 0.29) is 23.6 Å². The molecule has 0 amide bonds. The first-order chi connectivity index (χ1) is 13.9.